The lowest BCUT2D eigenvalue weighted by molar-refractivity contribution is 0.304. The van der Waals surface area contributed by atoms with Gasteiger partial charge in [0.05, 0.1) is 0 Å². The fourth-order valence-corrected chi connectivity index (χ4v) is 1.59. The summed E-state index contributed by atoms with van der Waals surface area (Å²) < 4.78 is 18.3. The van der Waals surface area contributed by atoms with Crippen LogP contribution >= 0.6 is 0 Å². The van der Waals surface area contributed by atoms with Crippen molar-refractivity contribution >= 4 is 0 Å². The number of hydrogen-bond acceptors (Lipinski definition) is 2. The van der Waals surface area contributed by atoms with Gasteiger partial charge in [0.25, 0.3) is 0 Å². The van der Waals surface area contributed by atoms with Gasteiger partial charge in [0.2, 0.25) is 0 Å². The van der Waals surface area contributed by atoms with Crippen LogP contribution in [0.5, 0.6) is 5.75 Å². The molecule has 0 atom stereocenters. The molecule has 0 aliphatic rings. The van der Waals surface area contributed by atoms with Crippen LogP contribution in [0.1, 0.15) is 11.1 Å². The van der Waals surface area contributed by atoms with Crippen molar-refractivity contribution < 1.29 is 9.13 Å². The van der Waals surface area contributed by atoms with Gasteiger partial charge in [0.15, 0.2) is 0 Å². The summed E-state index contributed by atoms with van der Waals surface area (Å²) in [5.74, 6) is 0.387. The summed E-state index contributed by atoms with van der Waals surface area (Å²) in [5, 5.41) is 0. The Morgan fingerprint density at radius 1 is 0.941 bits per heavy atom. The van der Waals surface area contributed by atoms with Crippen LogP contribution in [0.15, 0.2) is 48.5 Å². The summed E-state index contributed by atoms with van der Waals surface area (Å²) in [4.78, 5) is 0. The van der Waals surface area contributed by atoms with E-state index in [1.165, 1.54) is 12.1 Å². The lowest BCUT2D eigenvalue weighted by Crippen LogP contribution is -2.04. The number of hydrogen-bond donors (Lipinski definition) is 1. The molecule has 2 nitrogen and oxygen atoms in total. The topological polar surface area (TPSA) is 35.2 Å². The lowest BCUT2D eigenvalue weighted by atomic mass is 10.1. The second-order valence-electron chi connectivity index (χ2n) is 3.72. The van der Waals surface area contributed by atoms with E-state index in [2.05, 4.69) is 0 Å². The Morgan fingerprint density at radius 3 is 2.24 bits per heavy atom. The first-order chi connectivity index (χ1) is 8.29. The van der Waals surface area contributed by atoms with Gasteiger partial charge in [0, 0.05) is 6.54 Å². The number of rotatable bonds is 4. The van der Waals surface area contributed by atoms with E-state index < -0.39 is 0 Å². The molecule has 0 amide bonds. The van der Waals surface area contributed by atoms with Crippen LogP contribution in [-0.2, 0) is 13.2 Å². The molecule has 0 aliphatic heterocycles. The fraction of sp³-hybridized carbons (Fsp3) is 0.143. The predicted molar refractivity (Wildman–Crippen MR) is 65.1 cm³/mol. The molecule has 0 spiro atoms. The Hall–Kier alpha value is -1.87. The zero-order valence-corrected chi connectivity index (χ0v) is 9.40. The van der Waals surface area contributed by atoms with E-state index in [1.54, 1.807) is 12.1 Å². The highest BCUT2D eigenvalue weighted by atomic mass is 19.1. The normalized spacial score (nSPS) is 10.2. The SMILES string of the molecule is NCc1ccccc1COc1ccc(F)cc1. The second kappa shape index (κ2) is 5.46. The minimum atomic E-state index is -0.264. The minimum absolute atomic E-state index is 0.264. The van der Waals surface area contributed by atoms with E-state index in [9.17, 15) is 4.39 Å². The third-order valence-corrected chi connectivity index (χ3v) is 2.55. The summed E-state index contributed by atoms with van der Waals surface area (Å²) >= 11 is 0. The fourth-order valence-electron chi connectivity index (χ4n) is 1.59. The number of ether oxygens (including phenoxy) is 1. The zero-order valence-electron chi connectivity index (χ0n) is 9.40. The number of benzene rings is 2. The summed E-state index contributed by atoms with van der Waals surface area (Å²) in [6, 6.07) is 13.8. The molecule has 2 aromatic rings. The third kappa shape index (κ3) is 3.04. The molecular formula is C14H14FNO. The van der Waals surface area contributed by atoms with Gasteiger partial charge in [-0.1, -0.05) is 24.3 Å². The minimum Gasteiger partial charge on any atom is -0.489 e. The molecule has 17 heavy (non-hydrogen) atoms. The van der Waals surface area contributed by atoms with Crippen LogP contribution in [0.3, 0.4) is 0 Å². The average molecular weight is 231 g/mol. The Balaban J connectivity index is 2.04. The Bertz CT molecular complexity index is 482. The molecule has 2 N–H and O–H groups in total. The molecule has 2 rings (SSSR count). The molecule has 88 valence electrons. The van der Waals surface area contributed by atoms with Crippen LogP contribution in [0, 0.1) is 5.82 Å². The van der Waals surface area contributed by atoms with Crippen LogP contribution in [0.4, 0.5) is 4.39 Å². The smallest absolute Gasteiger partial charge is 0.123 e. The van der Waals surface area contributed by atoms with Crippen molar-refractivity contribution in [2.24, 2.45) is 5.73 Å². The summed E-state index contributed by atoms with van der Waals surface area (Å²) in [5.41, 5.74) is 7.75. The first-order valence-corrected chi connectivity index (χ1v) is 5.45. The Kier molecular flexibility index (Phi) is 3.73. The molecule has 2 aromatic carbocycles. The van der Waals surface area contributed by atoms with E-state index in [1.807, 2.05) is 24.3 Å². The van der Waals surface area contributed by atoms with E-state index >= 15 is 0 Å². The van der Waals surface area contributed by atoms with Gasteiger partial charge in [-0.2, -0.15) is 0 Å². The van der Waals surface area contributed by atoms with Gasteiger partial charge >= 0.3 is 0 Å². The summed E-state index contributed by atoms with van der Waals surface area (Å²) in [6.07, 6.45) is 0. The molecule has 0 unspecified atom stereocenters. The van der Waals surface area contributed by atoms with Crippen molar-refractivity contribution in [2.75, 3.05) is 0 Å². The zero-order chi connectivity index (χ0) is 12.1. The maximum absolute atomic E-state index is 12.7. The third-order valence-electron chi connectivity index (χ3n) is 2.55. The molecule has 0 fully saturated rings. The van der Waals surface area contributed by atoms with Crippen molar-refractivity contribution in [1.29, 1.82) is 0 Å². The van der Waals surface area contributed by atoms with Crippen molar-refractivity contribution in [3.8, 4) is 5.75 Å². The van der Waals surface area contributed by atoms with Gasteiger partial charge in [-0.15, -0.1) is 0 Å². The van der Waals surface area contributed by atoms with Crippen LogP contribution in [-0.4, -0.2) is 0 Å². The van der Waals surface area contributed by atoms with Crippen molar-refractivity contribution in [3.63, 3.8) is 0 Å². The highest BCUT2D eigenvalue weighted by Crippen LogP contribution is 2.15. The largest absolute Gasteiger partial charge is 0.489 e. The van der Waals surface area contributed by atoms with Gasteiger partial charge in [0.1, 0.15) is 18.2 Å². The van der Waals surface area contributed by atoms with Crippen LogP contribution < -0.4 is 10.5 Å². The summed E-state index contributed by atoms with van der Waals surface area (Å²) in [7, 11) is 0. The maximum atomic E-state index is 12.7. The summed E-state index contributed by atoms with van der Waals surface area (Å²) in [6.45, 7) is 0.932. The van der Waals surface area contributed by atoms with Crippen molar-refractivity contribution in [3.05, 3.63) is 65.5 Å². The first-order valence-electron chi connectivity index (χ1n) is 5.45. The lowest BCUT2D eigenvalue weighted by Gasteiger charge is -2.09. The molecule has 0 saturated heterocycles. The molecule has 0 radical (unpaired) electrons. The molecule has 0 aromatic heterocycles. The Labute approximate surface area is 99.8 Å². The molecule has 0 heterocycles. The van der Waals surface area contributed by atoms with E-state index in [-0.39, 0.29) is 5.82 Å². The van der Waals surface area contributed by atoms with Crippen molar-refractivity contribution in [1.82, 2.24) is 0 Å². The molecule has 0 bridgehead atoms. The molecule has 3 heteroatoms. The van der Waals surface area contributed by atoms with Gasteiger partial charge in [-0.25, -0.2) is 4.39 Å². The molecule has 0 aliphatic carbocycles. The Morgan fingerprint density at radius 2 is 1.59 bits per heavy atom. The number of nitrogens with two attached hydrogens (primary N) is 1. The monoisotopic (exact) mass is 231 g/mol. The van der Waals surface area contributed by atoms with Gasteiger partial charge < -0.3 is 10.5 Å². The molecular weight excluding hydrogens is 217 g/mol. The van der Waals surface area contributed by atoms with Crippen molar-refractivity contribution in [2.45, 2.75) is 13.2 Å². The van der Waals surface area contributed by atoms with E-state index in [0.717, 1.165) is 11.1 Å². The average Bonchev–Trinajstić information content (AvgIpc) is 2.38. The predicted octanol–water partition coefficient (Wildman–Crippen LogP) is 2.86. The van der Waals surface area contributed by atoms with Gasteiger partial charge in [-0.05, 0) is 35.4 Å². The van der Waals surface area contributed by atoms with E-state index in [0.29, 0.717) is 18.9 Å². The second-order valence-corrected chi connectivity index (χ2v) is 3.72. The quantitative estimate of drug-likeness (QED) is 0.878. The molecule has 0 saturated carbocycles. The standard InChI is InChI=1S/C14H14FNO/c15-13-5-7-14(8-6-13)17-10-12-4-2-1-3-11(12)9-16/h1-8H,9-10,16H2. The van der Waals surface area contributed by atoms with Crippen LogP contribution in [0.2, 0.25) is 0 Å². The maximum Gasteiger partial charge on any atom is 0.123 e. The van der Waals surface area contributed by atoms with E-state index in [4.69, 9.17) is 10.5 Å². The highest BCUT2D eigenvalue weighted by Gasteiger charge is 2.01. The van der Waals surface area contributed by atoms with Gasteiger partial charge in [-0.3, -0.25) is 0 Å². The first kappa shape index (κ1) is 11.6. The van der Waals surface area contributed by atoms with Crippen LogP contribution in [0.25, 0.3) is 0 Å². The highest BCUT2D eigenvalue weighted by molar-refractivity contribution is 5.28. The number of halogens is 1.